The molecule has 0 unspecified atom stereocenters. The van der Waals surface area contributed by atoms with Crippen molar-refractivity contribution < 1.29 is 4.79 Å². The van der Waals surface area contributed by atoms with E-state index in [0.717, 1.165) is 21.3 Å². The first-order valence-corrected chi connectivity index (χ1v) is 10.1. The molecule has 3 aromatic rings. The molecule has 2 aromatic carbocycles. The Kier molecular flexibility index (Phi) is 4.94. The quantitative estimate of drug-likeness (QED) is 0.475. The lowest BCUT2D eigenvalue weighted by atomic mass is 9.98. The van der Waals surface area contributed by atoms with Crippen molar-refractivity contribution in [2.45, 2.75) is 12.5 Å². The van der Waals surface area contributed by atoms with Crippen LogP contribution in [0, 0.1) is 0 Å². The predicted octanol–water partition coefficient (Wildman–Crippen LogP) is 6.16. The number of hydrogen-bond acceptors (Lipinski definition) is 3. The standard InChI is InChI=1S/C20H14BrClN2OS/c21-14-9-7-13(8-10-14)17-12-18(15-4-1-2-5-16(15)22)24(23-17)20(25)19-6-3-11-26-19/h1-11,18H,12H2/t18-/m0/s1. The van der Waals surface area contributed by atoms with E-state index in [1.807, 2.05) is 66.0 Å². The van der Waals surface area contributed by atoms with E-state index in [4.69, 9.17) is 11.6 Å². The zero-order chi connectivity index (χ0) is 18.1. The zero-order valence-corrected chi connectivity index (χ0v) is 16.8. The number of thiophene rings is 1. The van der Waals surface area contributed by atoms with Gasteiger partial charge in [-0.2, -0.15) is 5.10 Å². The van der Waals surface area contributed by atoms with Gasteiger partial charge < -0.3 is 0 Å². The fourth-order valence-corrected chi connectivity index (χ4v) is 4.20. The second kappa shape index (κ2) is 7.35. The van der Waals surface area contributed by atoms with Gasteiger partial charge in [0, 0.05) is 15.9 Å². The van der Waals surface area contributed by atoms with Crippen LogP contribution < -0.4 is 0 Å². The molecule has 0 saturated carbocycles. The third-order valence-corrected chi connectivity index (χ3v) is 6.02. The molecule has 0 radical (unpaired) electrons. The van der Waals surface area contributed by atoms with E-state index in [9.17, 15) is 4.79 Å². The lowest BCUT2D eigenvalue weighted by molar-refractivity contribution is 0.0716. The number of hydrazone groups is 1. The highest BCUT2D eigenvalue weighted by Gasteiger charge is 2.35. The Morgan fingerprint density at radius 1 is 1.12 bits per heavy atom. The smallest absolute Gasteiger partial charge is 0.266 e. The number of rotatable bonds is 3. The van der Waals surface area contributed by atoms with Crippen molar-refractivity contribution in [3.05, 3.63) is 91.5 Å². The first-order valence-electron chi connectivity index (χ1n) is 8.08. The molecule has 130 valence electrons. The highest BCUT2D eigenvalue weighted by Crippen LogP contribution is 2.37. The van der Waals surface area contributed by atoms with E-state index >= 15 is 0 Å². The highest BCUT2D eigenvalue weighted by atomic mass is 79.9. The van der Waals surface area contributed by atoms with Gasteiger partial charge in [0.25, 0.3) is 5.91 Å². The predicted molar refractivity (Wildman–Crippen MR) is 110 cm³/mol. The molecule has 1 amide bonds. The molecule has 1 aromatic heterocycles. The maximum absolute atomic E-state index is 13.0. The lowest BCUT2D eigenvalue weighted by Gasteiger charge is -2.22. The molecular formula is C20H14BrClN2OS. The monoisotopic (exact) mass is 444 g/mol. The SMILES string of the molecule is O=C(c1cccs1)N1N=C(c2ccc(Br)cc2)C[C@H]1c1ccccc1Cl. The number of nitrogens with zero attached hydrogens (tertiary/aromatic N) is 2. The van der Waals surface area contributed by atoms with E-state index in [2.05, 4.69) is 21.0 Å². The van der Waals surface area contributed by atoms with Crippen molar-refractivity contribution >= 4 is 50.5 Å². The van der Waals surface area contributed by atoms with Gasteiger partial charge in [0.15, 0.2) is 0 Å². The molecule has 1 atom stereocenters. The third kappa shape index (κ3) is 3.34. The van der Waals surface area contributed by atoms with Gasteiger partial charge in [0.05, 0.1) is 16.6 Å². The summed E-state index contributed by atoms with van der Waals surface area (Å²) in [4.78, 5) is 13.7. The minimum absolute atomic E-state index is 0.1000. The molecule has 0 aliphatic carbocycles. The van der Waals surface area contributed by atoms with Gasteiger partial charge in [0.2, 0.25) is 0 Å². The van der Waals surface area contributed by atoms with Crippen molar-refractivity contribution in [3.63, 3.8) is 0 Å². The zero-order valence-electron chi connectivity index (χ0n) is 13.6. The molecule has 0 spiro atoms. The summed E-state index contributed by atoms with van der Waals surface area (Å²) in [5.74, 6) is -0.1000. The minimum atomic E-state index is -0.211. The van der Waals surface area contributed by atoms with Crippen LogP contribution in [0.2, 0.25) is 5.02 Å². The topological polar surface area (TPSA) is 32.7 Å². The first-order chi connectivity index (χ1) is 12.6. The van der Waals surface area contributed by atoms with Crippen LogP contribution in [0.15, 0.2) is 75.6 Å². The summed E-state index contributed by atoms with van der Waals surface area (Å²) < 4.78 is 1.01. The Morgan fingerprint density at radius 3 is 2.58 bits per heavy atom. The normalized spacial score (nSPS) is 16.6. The van der Waals surface area contributed by atoms with Crippen LogP contribution in [-0.2, 0) is 0 Å². The summed E-state index contributed by atoms with van der Waals surface area (Å²) in [6.07, 6.45) is 0.627. The number of benzene rings is 2. The number of carbonyl (C=O) groups excluding carboxylic acids is 1. The first kappa shape index (κ1) is 17.5. The molecule has 26 heavy (non-hydrogen) atoms. The van der Waals surface area contributed by atoms with E-state index in [-0.39, 0.29) is 11.9 Å². The van der Waals surface area contributed by atoms with Gasteiger partial charge in [-0.05, 0) is 40.8 Å². The molecule has 0 bridgehead atoms. The number of hydrogen-bond donors (Lipinski definition) is 0. The second-order valence-electron chi connectivity index (χ2n) is 5.92. The average Bonchev–Trinajstić information content (AvgIpc) is 3.32. The van der Waals surface area contributed by atoms with Crippen molar-refractivity contribution in [1.29, 1.82) is 0 Å². The van der Waals surface area contributed by atoms with Crippen LogP contribution in [0.5, 0.6) is 0 Å². The van der Waals surface area contributed by atoms with Crippen molar-refractivity contribution in [2.24, 2.45) is 5.10 Å². The van der Waals surface area contributed by atoms with E-state index in [1.54, 1.807) is 5.01 Å². The number of carbonyl (C=O) groups is 1. The van der Waals surface area contributed by atoms with E-state index < -0.39 is 0 Å². The van der Waals surface area contributed by atoms with Crippen LogP contribution in [0.1, 0.15) is 33.3 Å². The van der Waals surface area contributed by atoms with Crippen LogP contribution in [0.25, 0.3) is 0 Å². The van der Waals surface area contributed by atoms with Gasteiger partial charge >= 0.3 is 0 Å². The maximum atomic E-state index is 13.0. The molecule has 0 saturated heterocycles. The fourth-order valence-electron chi connectivity index (χ4n) is 3.02. The lowest BCUT2D eigenvalue weighted by Crippen LogP contribution is -2.26. The molecule has 0 fully saturated rings. The van der Waals surface area contributed by atoms with Gasteiger partial charge in [0.1, 0.15) is 0 Å². The molecule has 1 aliphatic rings. The Balaban J connectivity index is 1.75. The summed E-state index contributed by atoms with van der Waals surface area (Å²) >= 11 is 11.3. The van der Waals surface area contributed by atoms with E-state index in [0.29, 0.717) is 16.3 Å². The summed E-state index contributed by atoms with van der Waals surface area (Å²) in [5.41, 5.74) is 2.80. The fraction of sp³-hybridized carbons (Fsp3) is 0.100. The van der Waals surface area contributed by atoms with Crippen LogP contribution in [-0.4, -0.2) is 16.6 Å². The molecule has 4 rings (SSSR count). The van der Waals surface area contributed by atoms with Gasteiger partial charge in [-0.15, -0.1) is 11.3 Å². The molecular weight excluding hydrogens is 432 g/mol. The third-order valence-electron chi connectivity index (χ3n) is 4.29. The largest absolute Gasteiger partial charge is 0.284 e. The Bertz CT molecular complexity index is 970. The van der Waals surface area contributed by atoms with Crippen molar-refractivity contribution in [3.8, 4) is 0 Å². The maximum Gasteiger partial charge on any atom is 0.284 e. The molecule has 0 N–H and O–H groups in total. The Morgan fingerprint density at radius 2 is 1.88 bits per heavy atom. The van der Waals surface area contributed by atoms with Gasteiger partial charge in [-0.25, -0.2) is 5.01 Å². The van der Waals surface area contributed by atoms with Crippen LogP contribution in [0.3, 0.4) is 0 Å². The van der Waals surface area contributed by atoms with Crippen LogP contribution in [0.4, 0.5) is 0 Å². The molecule has 1 aliphatic heterocycles. The molecule has 2 heterocycles. The summed E-state index contributed by atoms with van der Waals surface area (Å²) in [5, 5.41) is 8.79. The summed E-state index contributed by atoms with van der Waals surface area (Å²) in [7, 11) is 0. The molecule has 3 nitrogen and oxygen atoms in total. The Labute approximate surface area is 169 Å². The highest BCUT2D eigenvalue weighted by molar-refractivity contribution is 9.10. The van der Waals surface area contributed by atoms with E-state index in [1.165, 1.54) is 11.3 Å². The van der Waals surface area contributed by atoms with Gasteiger partial charge in [-0.1, -0.05) is 63.9 Å². The summed E-state index contributed by atoms with van der Waals surface area (Å²) in [6, 6.07) is 19.1. The van der Waals surface area contributed by atoms with Crippen molar-refractivity contribution in [1.82, 2.24) is 5.01 Å². The second-order valence-corrected chi connectivity index (χ2v) is 8.19. The number of halogens is 2. The van der Waals surface area contributed by atoms with Crippen LogP contribution >= 0.6 is 38.9 Å². The summed E-state index contributed by atoms with van der Waals surface area (Å²) in [6.45, 7) is 0. The van der Waals surface area contributed by atoms with Crippen molar-refractivity contribution in [2.75, 3.05) is 0 Å². The number of amides is 1. The average molecular weight is 446 g/mol. The Hall–Kier alpha value is -1.95. The van der Waals surface area contributed by atoms with Gasteiger partial charge in [-0.3, -0.25) is 4.79 Å². The minimum Gasteiger partial charge on any atom is -0.266 e. The molecule has 6 heteroatoms.